The van der Waals surface area contributed by atoms with Gasteiger partial charge in [-0.2, -0.15) is 0 Å². The fourth-order valence-corrected chi connectivity index (χ4v) is 1.56. The number of aromatic nitrogens is 1. The molecular formula is C11H13ClN2O. The van der Waals surface area contributed by atoms with E-state index in [4.69, 9.17) is 21.8 Å². The number of nitrogens with two attached hydrogens (primary N) is 1. The summed E-state index contributed by atoms with van der Waals surface area (Å²) in [6, 6.07) is 5.53. The quantitative estimate of drug-likeness (QED) is 0.854. The fourth-order valence-electron chi connectivity index (χ4n) is 1.35. The van der Waals surface area contributed by atoms with E-state index in [9.17, 15) is 0 Å². The Morgan fingerprint density at radius 2 is 2.13 bits per heavy atom. The second-order valence-electron chi connectivity index (χ2n) is 3.79. The van der Waals surface area contributed by atoms with Crippen LogP contribution in [0.15, 0.2) is 22.6 Å². The molecule has 0 aliphatic rings. The minimum atomic E-state index is 0.0110. The van der Waals surface area contributed by atoms with E-state index in [2.05, 4.69) is 4.98 Å². The average molecular weight is 225 g/mol. The van der Waals surface area contributed by atoms with Crippen LogP contribution in [0.3, 0.4) is 0 Å². The first-order valence-electron chi connectivity index (χ1n) is 4.90. The van der Waals surface area contributed by atoms with Gasteiger partial charge in [0.1, 0.15) is 5.52 Å². The number of halogens is 1. The van der Waals surface area contributed by atoms with Crippen LogP contribution in [0.2, 0.25) is 5.02 Å². The van der Waals surface area contributed by atoms with E-state index >= 15 is 0 Å². The van der Waals surface area contributed by atoms with E-state index in [1.54, 1.807) is 6.07 Å². The molecular weight excluding hydrogens is 212 g/mol. The highest BCUT2D eigenvalue weighted by atomic mass is 35.5. The van der Waals surface area contributed by atoms with Crippen LogP contribution in [0.4, 0.5) is 0 Å². The number of hydrogen-bond acceptors (Lipinski definition) is 3. The SMILES string of the molecule is CC(N)C(C)c1nc2cccc(Cl)c2o1. The molecule has 1 aromatic carbocycles. The predicted octanol–water partition coefficient (Wildman–Crippen LogP) is 2.93. The minimum Gasteiger partial charge on any atom is -0.439 e. The molecule has 2 aromatic rings. The summed E-state index contributed by atoms with van der Waals surface area (Å²) < 4.78 is 5.60. The van der Waals surface area contributed by atoms with Crippen LogP contribution < -0.4 is 5.73 Å². The Labute approximate surface area is 93.2 Å². The Morgan fingerprint density at radius 1 is 1.40 bits per heavy atom. The molecule has 2 unspecified atom stereocenters. The molecule has 3 nitrogen and oxygen atoms in total. The molecule has 0 bridgehead atoms. The molecule has 0 spiro atoms. The summed E-state index contributed by atoms with van der Waals surface area (Å²) in [6.07, 6.45) is 0. The highest BCUT2D eigenvalue weighted by Crippen LogP contribution is 2.27. The number of rotatable bonds is 2. The number of para-hydroxylation sites is 1. The van der Waals surface area contributed by atoms with Gasteiger partial charge < -0.3 is 10.2 Å². The molecule has 2 rings (SSSR count). The molecule has 4 heteroatoms. The fraction of sp³-hybridized carbons (Fsp3) is 0.364. The third-order valence-electron chi connectivity index (χ3n) is 2.56. The number of nitrogens with zero attached hydrogens (tertiary/aromatic N) is 1. The molecule has 1 heterocycles. The summed E-state index contributed by atoms with van der Waals surface area (Å²) in [7, 11) is 0. The Morgan fingerprint density at radius 3 is 2.73 bits per heavy atom. The first-order valence-corrected chi connectivity index (χ1v) is 5.28. The molecule has 0 saturated carbocycles. The van der Waals surface area contributed by atoms with Gasteiger partial charge in [-0.05, 0) is 19.1 Å². The first-order chi connectivity index (χ1) is 7.09. The molecule has 0 aliphatic heterocycles. The zero-order chi connectivity index (χ0) is 11.0. The maximum Gasteiger partial charge on any atom is 0.199 e. The molecule has 0 saturated heterocycles. The van der Waals surface area contributed by atoms with Gasteiger partial charge in [-0.15, -0.1) is 0 Å². The highest BCUT2D eigenvalue weighted by molar-refractivity contribution is 6.34. The van der Waals surface area contributed by atoms with E-state index in [1.807, 2.05) is 26.0 Å². The van der Waals surface area contributed by atoms with Crippen LogP contribution in [0, 0.1) is 0 Å². The van der Waals surface area contributed by atoms with Gasteiger partial charge in [0, 0.05) is 12.0 Å². The summed E-state index contributed by atoms with van der Waals surface area (Å²) >= 11 is 5.99. The van der Waals surface area contributed by atoms with Crippen molar-refractivity contribution in [2.24, 2.45) is 5.73 Å². The molecule has 0 aliphatic carbocycles. The predicted molar refractivity (Wildman–Crippen MR) is 61.1 cm³/mol. The normalized spacial score (nSPS) is 15.5. The molecule has 1 aromatic heterocycles. The number of fused-ring (bicyclic) bond motifs is 1. The van der Waals surface area contributed by atoms with Crippen LogP contribution >= 0.6 is 11.6 Å². The molecule has 80 valence electrons. The Hall–Kier alpha value is -1.06. The average Bonchev–Trinajstić information content (AvgIpc) is 2.61. The maximum atomic E-state index is 5.99. The lowest BCUT2D eigenvalue weighted by Gasteiger charge is -2.10. The van der Waals surface area contributed by atoms with E-state index in [1.165, 1.54) is 0 Å². The summed E-state index contributed by atoms with van der Waals surface area (Å²) in [5.74, 6) is 0.738. The summed E-state index contributed by atoms with van der Waals surface area (Å²) in [5.41, 5.74) is 7.22. The minimum absolute atomic E-state index is 0.0110. The van der Waals surface area contributed by atoms with Crippen molar-refractivity contribution in [1.29, 1.82) is 0 Å². The van der Waals surface area contributed by atoms with E-state index in [0.29, 0.717) is 16.5 Å². The lowest BCUT2D eigenvalue weighted by Crippen LogP contribution is -2.22. The largest absolute Gasteiger partial charge is 0.439 e. The van der Waals surface area contributed by atoms with Crippen molar-refractivity contribution in [1.82, 2.24) is 4.98 Å². The van der Waals surface area contributed by atoms with Gasteiger partial charge in [0.15, 0.2) is 11.5 Å². The molecule has 2 atom stereocenters. The van der Waals surface area contributed by atoms with Crippen molar-refractivity contribution in [3.8, 4) is 0 Å². The maximum absolute atomic E-state index is 5.99. The summed E-state index contributed by atoms with van der Waals surface area (Å²) in [4.78, 5) is 4.36. The van der Waals surface area contributed by atoms with Crippen molar-refractivity contribution < 1.29 is 4.42 Å². The van der Waals surface area contributed by atoms with Crippen LogP contribution in [-0.2, 0) is 0 Å². The van der Waals surface area contributed by atoms with Gasteiger partial charge in [-0.25, -0.2) is 4.98 Å². The second kappa shape index (κ2) is 3.83. The summed E-state index contributed by atoms with van der Waals surface area (Å²) in [5, 5.41) is 0.586. The van der Waals surface area contributed by atoms with Crippen LogP contribution in [-0.4, -0.2) is 11.0 Å². The standard InChI is InChI=1S/C11H13ClN2O/c1-6(7(2)13)11-14-9-5-3-4-8(12)10(9)15-11/h3-7H,13H2,1-2H3. The lowest BCUT2D eigenvalue weighted by atomic mass is 10.1. The Kier molecular flexibility index (Phi) is 2.67. The van der Waals surface area contributed by atoms with Crippen molar-refractivity contribution in [2.45, 2.75) is 25.8 Å². The lowest BCUT2D eigenvalue weighted by molar-refractivity contribution is 0.451. The molecule has 2 N–H and O–H groups in total. The van der Waals surface area contributed by atoms with Gasteiger partial charge in [0.25, 0.3) is 0 Å². The third-order valence-corrected chi connectivity index (χ3v) is 2.86. The molecule has 0 amide bonds. The van der Waals surface area contributed by atoms with Gasteiger partial charge in [0.2, 0.25) is 0 Å². The van der Waals surface area contributed by atoms with Crippen LogP contribution in [0.1, 0.15) is 25.7 Å². The number of oxazole rings is 1. The van der Waals surface area contributed by atoms with Crippen molar-refractivity contribution >= 4 is 22.7 Å². The zero-order valence-corrected chi connectivity index (χ0v) is 9.45. The van der Waals surface area contributed by atoms with Gasteiger partial charge >= 0.3 is 0 Å². The van der Waals surface area contributed by atoms with Crippen LogP contribution in [0.5, 0.6) is 0 Å². The Bertz CT molecular complexity index is 478. The Balaban J connectivity index is 2.52. The van der Waals surface area contributed by atoms with Crippen molar-refractivity contribution in [3.63, 3.8) is 0 Å². The van der Waals surface area contributed by atoms with Gasteiger partial charge in [-0.3, -0.25) is 0 Å². The molecule has 15 heavy (non-hydrogen) atoms. The van der Waals surface area contributed by atoms with Gasteiger partial charge in [-0.1, -0.05) is 24.6 Å². The smallest absolute Gasteiger partial charge is 0.199 e. The first kappa shape index (κ1) is 10.5. The van der Waals surface area contributed by atoms with Crippen LogP contribution in [0.25, 0.3) is 11.1 Å². The topological polar surface area (TPSA) is 52.0 Å². The molecule has 0 fully saturated rings. The number of benzene rings is 1. The number of hydrogen-bond donors (Lipinski definition) is 1. The van der Waals surface area contributed by atoms with E-state index in [-0.39, 0.29) is 12.0 Å². The zero-order valence-electron chi connectivity index (χ0n) is 8.70. The van der Waals surface area contributed by atoms with Crippen molar-refractivity contribution in [2.75, 3.05) is 0 Å². The molecule has 0 radical (unpaired) electrons. The van der Waals surface area contributed by atoms with Gasteiger partial charge in [0.05, 0.1) is 5.02 Å². The van der Waals surface area contributed by atoms with E-state index in [0.717, 1.165) is 5.52 Å². The third kappa shape index (κ3) is 1.85. The second-order valence-corrected chi connectivity index (χ2v) is 4.20. The monoisotopic (exact) mass is 224 g/mol. The summed E-state index contributed by atoms with van der Waals surface area (Å²) in [6.45, 7) is 3.92. The highest BCUT2D eigenvalue weighted by Gasteiger charge is 2.17. The van der Waals surface area contributed by atoms with E-state index < -0.39 is 0 Å². The van der Waals surface area contributed by atoms with Crippen molar-refractivity contribution in [3.05, 3.63) is 29.1 Å².